The van der Waals surface area contributed by atoms with E-state index in [0.29, 0.717) is 33.8 Å². The van der Waals surface area contributed by atoms with Crippen molar-refractivity contribution in [3.8, 4) is 5.75 Å². The minimum Gasteiger partial charge on any atom is -0.485 e. The molecule has 0 spiro atoms. The molecule has 0 atom stereocenters. The highest BCUT2D eigenvalue weighted by Crippen LogP contribution is 2.23. The van der Waals surface area contributed by atoms with Gasteiger partial charge in [-0.2, -0.15) is 5.10 Å². The third-order valence-corrected chi connectivity index (χ3v) is 5.03. The summed E-state index contributed by atoms with van der Waals surface area (Å²) in [5, 5.41) is 8.39. The van der Waals surface area contributed by atoms with Crippen LogP contribution >= 0.6 is 23.2 Å². The summed E-state index contributed by atoms with van der Waals surface area (Å²) in [5.74, 6) is 1.08. The molecule has 8 heteroatoms. The van der Waals surface area contributed by atoms with Gasteiger partial charge >= 0.3 is 0 Å². The molecule has 0 fully saturated rings. The van der Waals surface area contributed by atoms with Gasteiger partial charge in [-0.25, -0.2) is 0 Å². The number of rotatable bonds is 7. The van der Waals surface area contributed by atoms with E-state index >= 15 is 0 Å². The summed E-state index contributed by atoms with van der Waals surface area (Å²) in [7, 11) is 0. The number of nitrogens with zero attached hydrogens (tertiary/aromatic N) is 2. The number of benzene rings is 2. The van der Waals surface area contributed by atoms with E-state index in [0.717, 1.165) is 11.1 Å². The van der Waals surface area contributed by atoms with E-state index in [1.807, 2.05) is 37.3 Å². The van der Waals surface area contributed by atoms with E-state index in [-0.39, 0.29) is 18.3 Å². The van der Waals surface area contributed by atoms with Crippen molar-refractivity contribution < 1.29 is 13.9 Å². The summed E-state index contributed by atoms with van der Waals surface area (Å²) in [6.07, 6.45) is 3.34. The van der Waals surface area contributed by atoms with Crippen LogP contribution in [0.3, 0.4) is 0 Å². The molecule has 0 unspecified atom stereocenters. The average Bonchev–Trinajstić information content (AvgIpc) is 3.39. The molecule has 158 valence electrons. The quantitative estimate of drug-likeness (QED) is 0.372. The Hall–Kier alpha value is -3.22. The minimum absolute atomic E-state index is 0.192. The molecule has 2 heterocycles. The number of hydrogen-bond acceptors (Lipinski definition) is 4. The summed E-state index contributed by atoms with van der Waals surface area (Å²) < 4.78 is 13.1. The summed E-state index contributed by atoms with van der Waals surface area (Å²) in [6, 6.07) is 16.2. The lowest BCUT2D eigenvalue weighted by Gasteiger charge is -2.07. The van der Waals surface area contributed by atoms with Gasteiger partial charge in [0.15, 0.2) is 5.76 Å². The number of ether oxygens (including phenoxy) is 1. The Morgan fingerprint density at radius 2 is 1.87 bits per heavy atom. The number of anilines is 1. The molecule has 2 aromatic carbocycles. The number of aromatic nitrogens is 2. The monoisotopic (exact) mass is 455 g/mol. The van der Waals surface area contributed by atoms with Crippen LogP contribution in [-0.4, -0.2) is 15.7 Å². The largest absolute Gasteiger partial charge is 0.485 e. The number of carbonyl (C=O) groups excluding carboxylic acids is 1. The number of furan rings is 1. The molecule has 6 nitrogen and oxygen atoms in total. The Morgan fingerprint density at radius 3 is 2.65 bits per heavy atom. The minimum atomic E-state index is -0.361. The van der Waals surface area contributed by atoms with Crippen molar-refractivity contribution in [2.75, 3.05) is 5.32 Å². The number of nitrogens with one attached hydrogen (secondary N) is 1. The van der Waals surface area contributed by atoms with Gasteiger partial charge < -0.3 is 14.5 Å². The fourth-order valence-electron chi connectivity index (χ4n) is 2.99. The molecule has 0 saturated carbocycles. The first-order valence-corrected chi connectivity index (χ1v) is 10.3. The van der Waals surface area contributed by atoms with Gasteiger partial charge in [0, 0.05) is 16.2 Å². The van der Waals surface area contributed by atoms with Gasteiger partial charge in [0.1, 0.15) is 18.1 Å². The molecule has 0 radical (unpaired) electrons. The average molecular weight is 456 g/mol. The van der Waals surface area contributed by atoms with Gasteiger partial charge in [0.2, 0.25) is 0 Å². The van der Waals surface area contributed by atoms with Crippen molar-refractivity contribution in [2.45, 2.75) is 20.1 Å². The molecule has 0 aliphatic heterocycles. The Kier molecular flexibility index (Phi) is 6.30. The lowest BCUT2D eigenvalue weighted by molar-refractivity contribution is 0.0992. The molecule has 0 bridgehead atoms. The first-order valence-electron chi connectivity index (χ1n) is 9.52. The molecule has 0 saturated heterocycles. The molecule has 31 heavy (non-hydrogen) atoms. The number of amides is 1. The maximum absolute atomic E-state index is 12.5. The maximum Gasteiger partial charge on any atom is 0.291 e. The highest BCUT2D eigenvalue weighted by molar-refractivity contribution is 6.30. The van der Waals surface area contributed by atoms with Crippen molar-refractivity contribution >= 4 is 34.8 Å². The summed E-state index contributed by atoms with van der Waals surface area (Å²) in [5.41, 5.74) is 2.55. The lowest BCUT2D eigenvalue weighted by atomic mass is 10.2. The van der Waals surface area contributed by atoms with Crippen LogP contribution in [0, 0.1) is 6.92 Å². The van der Waals surface area contributed by atoms with Crippen molar-refractivity contribution in [1.29, 1.82) is 0 Å². The zero-order valence-electron chi connectivity index (χ0n) is 16.6. The second kappa shape index (κ2) is 9.29. The summed E-state index contributed by atoms with van der Waals surface area (Å²) >= 11 is 11.9. The molecule has 4 aromatic rings. The van der Waals surface area contributed by atoms with Crippen molar-refractivity contribution in [2.24, 2.45) is 0 Å². The Balaban J connectivity index is 1.33. The number of carbonyl (C=O) groups is 1. The first-order chi connectivity index (χ1) is 15.0. The van der Waals surface area contributed by atoms with Crippen LogP contribution in [-0.2, 0) is 13.2 Å². The predicted molar refractivity (Wildman–Crippen MR) is 120 cm³/mol. The fourth-order valence-corrected chi connectivity index (χ4v) is 3.34. The summed E-state index contributed by atoms with van der Waals surface area (Å²) in [4.78, 5) is 12.5. The third kappa shape index (κ3) is 5.48. The number of halogens is 2. The molecular formula is C23H19Cl2N3O3. The third-order valence-electron chi connectivity index (χ3n) is 4.54. The fraction of sp³-hybridized carbons (Fsp3) is 0.130. The van der Waals surface area contributed by atoms with Gasteiger partial charge in [-0.3, -0.25) is 9.48 Å². The topological polar surface area (TPSA) is 69.3 Å². The molecule has 1 N–H and O–H groups in total. The van der Waals surface area contributed by atoms with Crippen molar-refractivity contribution in [1.82, 2.24) is 9.78 Å². The van der Waals surface area contributed by atoms with Gasteiger partial charge in [0.25, 0.3) is 5.91 Å². The van der Waals surface area contributed by atoms with Gasteiger partial charge in [-0.05, 0) is 60.5 Å². The number of hydrogen-bond donors (Lipinski definition) is 1. The molecule has 0 aliphatic carbocycles. The van der Waals surface area contributed by atoms with Gasteiger partial charge in [-0.15, -0.1) is 0 Å². The van der Waals surface area contributed by atoms with E-state index in [1.54, 1.807) is 41.3 Å². The zero-order valence-corrected chi connectivity index (χ0v) is 18.2. The van der Waals surface area contributed by atoms with E-state index in [1.165, 1.54) is 0 Å². The second-order valence-corrected chi connectivity index (χ2v) is 7.84. The highest BCUT2D eigenvalue weighted by Gasteiger charge is 2.13. The molecule has 2 aromatic heterocycles. The summed E-state index contributed by atoms with van der Waals surface area (Å²) in [6.45, 7) is 2.68. The van der Waals surface area contributed by atoms with Crippen LogP contribution in [0.25, 0.3) is 0 Å². The predicted octanol–water partition coefficient (Wildman–Crippen LogP) is 5.97. The highest BCUT2D eigenvalue weighted by atomic mass is 35.5. The smallest absolute Gasteiger partial charge is 0.291 e. The van der Waals surface area contributed by atoms with E-state index < -0.39 is 0 Å². The second-order valence-electron chi connectivity index (χ2n) is 6.97. The van der Waals surface area contributed by atoms with Crippen LogP contribution in [0.2, 0.25) is 10.0 Å². The molecule has 1 amide bonds. The molecule has 0 aliphatic rings. The van der Waals surface area contributed by atoms with E-state index in [2.05, 4.69) is 10.4 Å². The van der Waals surface area contributed by atoms with Crippen molar-refractivity contribution in [3.05, 3.63) is 99.7 Å². The first kappa shape index (κ1) is 21.0. The van der Waals surface area contributed by atoms with Crippen LogP contribution in [0.1, 0.15) is 27.4 Å². The SMILES string of the molecule is Cc1cc(Cl)ccc1OCc1ccc(C(=O)Nc2cnn(Cc3ccc(Cl)cc3)c2)o1. The normalized spacial score (nSPS) is 10.8. The Bertz CT molecular complexity index is 1200. The van der Waals surface area contributed by atoms with Gasteiger partial charge in [-0.1, -0.05) is 35.3 Å². The zero-order chi connectivity index (χ0) is 21.8. The van der Waals surface area contributed by atoms with E-state index in [9.17, 15) is 4.79 Å². The Labute approximate surface area is 189 Å². The van der Waals surface area contributed by atoms with E-state index in [4.69, 9.17) is 32.4 Å². The maximum atomic E-state index is 12.5. The van der Waals surface area contributed by atoms with Crippen molar-refractivity contribution in [3.63, 3.8) is 0 Å². The lowest BCUT2D eigenvalue weighted by Crippen LogP contribution is -2.10. The van der Waals surface area contributed by atoms with Crippen LogP contribution < -0.4 is 10.1 Å². The van der Waals surface area contributed by atoms with Crippen LogP contribution in [0.5, 0.6) is 5.75 Å². The standard InChI is InChI=1S/C23H19Cl2N3O3/c1-15-10-18(25)6-8-21(15)30-14-20-7-9-22(31-20)23(29)27-19-11-26-28(13-19)12-16-2-4-17(24)5-3-16/h2-11,13H,12,14H2,1H3,(H,27,29). The van der Waals surface area contributed by atoms with Crippen LogP contribution in [0.4, 0.5) is 5.69 Å². The molecular weight excluding hydrogens is 437 g/mol. The number of aryl methyl sites for hydroxylation is 1. The molecule has 4 rings (SSSR count). The Morgan fingerprint density at radius 1 is 1.10 bits per heavy atom. The van der Waals surface area contributed by atoms with Crippen LogP contribution in [0.15, 0.2) is 71.4 Å². The van der Waals surface area contributed by atoms with Gasteiger partial charge in [0.05, 0.1) is 18.4 Å².